The first kappa shape index (κ1) is 14.5. The fourth-order valence-electron chi connectivity index (χ4n) is 1.97. The zero-order valence-electron chi connectivity index (χ0n) is 10.8. The van der Waals surface area contributed by atoms with Crippen LogP contribution >= 0.6 is 11.6 Å². The number of aliphatic hydroxyl groups is 1. The van der Waals surface area contributed by atoms with E-state index in [-0.39, 0.29) is 0 Å². The fraction of sp³-hybridized carbons (Fsp3) is 0.571. The molecule has 0 saturated heterocycles. The Hall–Kier alpha value is -0.570. The van der Waals surface area contributed by atoms with Crippen LogP contribution in [0, 0.1) is 5.92 Å². The van der Waals surface area contributed by atoms with Crippen LogP contribution in [0.3, 0.4) is 0 Å². The Kier molecular flexibility index (Phi) is 5.96. The highest BCUT2D eigenvalue weighted by Gasteiger charge is 2.15. The number of halogens is 1. The van der Waals surface area contributed by atoms with E-state index in [4.69, 9.17) is 11.6 Å². The van der Waals surface area contributed by atoms with E-state index in [1.807, 2.05) is 18.2 Å². The largest absolute Gasteiger partial charge is 0.387 e. The van der Waals surface area contributed by atoms with Crippen LogP contribution in [0.25, 0.3) is 0 Å². The summed E-state index contributed by atoms with van der Waals surface area (Å²) < 4.78 is 0. The minimum atomic E-state index is -0.545. The van der Waals surface area contributed by atoms with Crippen molar-refractivity contribution in [1.29, 1.82) is 0 Å². The maximum Gasteiger partial charge on any atom is 0.0928 e. The topological polar surface area (TPSA) is 32.3 Å². The summed E-state index contributed by atoms with van der Waals surface area (Å²) >= 11 is 6.04. The zero-order chi connectivity index (χ0) is 12.8. The van der Waals surface area contributed by atoms with Crippen LogP contribution in [0.2, 0.25) is 5.02 Å². The van der Waals surface area contributed by atoms with E-state index >= 15 is 0 Å². The van der Waals surface area contributed by atoms with E-state index in [1.165, 1.54) is 0 Å². The predicted molar refractivity (Wildman–Crippen MR) is 73.3 cm³/mol. The second kappa shape index (κ2) is 7.00. The first-order valence-corrected chi connectivity index (χ1v) is 6.60. The third kappa shape index (κ3) is 4.30. The summed E-state index contributed by atoms with van der Waals surface area (Å²) in [5, 5.41) is 14.1. The van der Waals surface area contributed by atoms with Crippen molar-refractivity contribution < 1.29 is 5.11 Å². The van der Waals surface area contributed by atoms with Gasteiger partial charge in [-0.05, 0) is 18.4 Å². The minimum Gasteiger partial charge on any atom is -0.387 e. The highest BCUT2D eigenvalue weighted by Crippen LogP contribution is 2.22. The molecule has 3 heteroatoms. The van der Waals surface area contributed by atoms with Crippen molar-refractivity contribution in [2.24, 2.45) is 5.92 Å². The molecule has 2 N–H and O–H groups in total. The molecule has 0 bridgehead atoms. The van der Waals surface area contributed by atoms with Crippen molar-refractivity contribution in [3.63, 3.8) is 0 Å². The highest BCUT2D eigenvalue weighted by molar-refractivity contribution is 6.31. The standard InChI is InChI=1S/C14H22ClNO/c1-4-13(10(2)3)16-9-14(17)11-7-5-6-8-12(11)15/h5-8,10,13-14,16-17H,4,9H2,1-3H3. The molecule has 2 nitrogen and oxygen atoms in total. The van der Waals surface area contributed by atoms with Crippen LogP contribution in [-0.4, -0.2) is 17.7 Å². The number of benzene rings is 1. The molecular weight excluding hydrogens is 234 g/mol. The van der Waals surface area contributed by atoms with Gasteiger partial charge in [0.2, 0.25) is 0 Å². The van der Waals surface area contributed by atoms with E-state index in [1.54, 1.807) is 6.07 Å². The monoisotopic (exact) mass is 255 g/mol. The van der Waals surface area contributed by atoms with Crippen molar-refractivity contribution in [1.82, 2.24) is 5.32 Å². The summed E-state index contributed by atoms with van der Waals surface area (Å²) in [6.45, 7) is 7.06. The fourth-order valence-corrected chi connectivity index (χ4v) is 2.23. The molecule has 0 aliphatic rings. The highest BCUT2D eigenvalue weighted by atomic mass is 35.5. The van der Waals surface area contributed by atoms with Crippen molar-refractivity contribution >= 4 is 11.6 Å². The van der Waals surface area contributed by atoms with Crippen LogP contribution in [0.5, 0.6) is 0 Å². The molecule has 17 heavy (non-hydrogen) atoms. The van der Waals surface area contributed by atoms with E-state index in [9.17, 15) is 5.11 Å². The van der Waals surface area contributed by atoms with Gasteiger partial charge in [0.25, 0.3) is 0 Å². The van der Waals surface area contributed by atoms with E-state index in [2.05, 4.69) is 26.1 Å². The Bertz CT molecular complexity index is 341. The molecule has 1 rings (SSSR count). The van der Waals surface area contributed by atoms with Crippen molar-refractivity contribution in [3.05, 3.63) is 34.9 Å². The Morgan fingerprint density at radius 1 is 1.29 bits per heavy atom. The van der Waals surface area contributed by atoms with Gasteiger partial charge in [-0.25, -0.2) is 0 Å². The number of hydrogen-bond acceptors (Lipinski definition) is 2. The third-order valence-electron chi connectivity index (χ3n) is 3.08. The Morgan fingerprint density at radius 2 is 1.94 bits per heavy atom. The van der Waals surface area contributed by atoms with Crippen LogP contribution in [-0.2, 0) is 0 Å². The molecule has 0 aliphatic carbocycles. The number of nitrogens with one attached hydrogen (secondary N) is 1. The van der Waals surface area contributed by atoms with Crippen LogP contribution in [0.15, 0.2) is 24.3 Å². The second-order valence-corrected chi connectivity index (χ2v) is 5.11. The van der Waals surface area contributed by atoms with E-state index < -0.39 is 6.10 Å². The van der Waals surface area contributed by atoms with Gasteiger partial charge in [0.1, 0.15) is 0 Å². The van der Waals surface area contributed by atoms with Crippen molar-refractivity contribution in [2.75, 3.05) is 6.54 Å². The van der Waals surface area contributed by atoms with Gasteiger partial charge in [-0.1, -0.05) is 50.6 Å². The smallest absolute Gasteiger partial charge is 0.0928 e. The average Bonchev–Trinajstić information content (AvgIpc) is 2.29. The lowest BCUT2D eigenvalue weighted by Crippen LogP contribution is -2.36. The molecule has 2 unspecified atom stereocenters. The van der Waals surface area contributed by atoms with Gasteiger partial charge in [0.05, 0.1) is 6.10 Å². The molecule has 0 amide bonds. The summed E-state index contributed by atoms with van der Waals surface area (Å²) in [4.78, 5) is 0. The lowest BCUT2D eigenvalue weighted by Gasteiger charge is -2.23. The van der Waals surface area contributed by atoms with Gasteiger partial charge in [0.15, 0.2) is 0 Å². The summed E-state index contributed by atoms with van der Waals surface area (Å²) in [5.41, 5.74) is 0.792. The van der Waals surface area contributed by atoms with E-state index in [0.717, 1.165) is 12.0 Å². The van der Waals surface area contributed by atoms with Gasteiger partial charge < -0.3 is 10.4 Å². The van der Waals surface area contributed by atoms with Gasteiger partial charge >= 0.3 is 0 Å². The molecule has 0 aliphatic heterocycles. The van der Waals surface area contributed by atoms with Gasteiger partial charge in [-0.15, -0.1) is 0 Å². The summed E-state index contributed by atoms with van der Waals surface area (Å²) in [6.07, 6.45) is 0.518. The molecule has 1 aromatic carbocycles. The van der Waals surface area contributed by atoms with Gasteiger partial charge in [-0.2, -0.15) is 0 Å². The molecule has 0 aromatic heterocycles. The van der Waals surface area contributed by atoms with Gasteiger partial charge in [-0.3, -0.25) is 0 Å². The quantitative estimate of drug-likeness (QED) is 0.817. The van der Waals surface area contributed by atoms with Crippen molar-refractivity contribution in [3.8, 4) is 0 Å². The Labute approximate surface area is 109 Å². The molecule has 0 radical (unpaired) electrons. The first-order valence-electron chi connectivity index (χ1n) is 6.22. The maximum atomic E-state index is 10.1. The predicted octanol–water partition coefficient (Wildman–Crippen LogP) is 3.40. The molecule has 96 valence electrons. The van der Waals surface area contributed by atoms with Crippen LogP contribution in [0.1, 0.15) is 38.9 Å². The number of hydrogen-bond donors (Lipinski definition) is 2. The number of rotatable bonds is 6. The number of aliphatic hydroxyl groups excluding tert-OH is 1. The molecule has 0 spiro atoms. The van der Waals surface area contributed by atoms with Crippen LogP contribution in [0.4, 0.5) is 0 Å². The zero-order valence-corrected chi connectivity index (χ0v) is 11.5. The Morgan fingerprint density at radius 3 is 2.47 bits per heavy atom. The molecular formula is C14H22ClNO. The third-order valence-corrected chi connectivity index (χ3v) is 3.43. The second-order valence-electron chi connectivity index (χ2n) is 4.70. The first-order chi connectivity index (χ1) is 8.06. The maximum absolute atomic E-state index is 10.1. The van der Waals surface area contributed by atoms with Crippen molar-refractivity contribution in [2.45, 2.75) is 39.3 Å². The SMILES string of the molecule is CCC(NCC(O)c1ccccc1Cl)C(C)C. The molecule has 0 saturated carbocycles. The average molecular weight is 256 g/mol. The molecule has 1 aromatic rings. The summed E-state index contributed by atoms with van der Waals surface area (Å²) in [6, 6.07) is 7.87. The lowest BCUT2D eigenvalue weighted by molar-refractivity contribution is 0.165. The van der Waals surface area contributed by atoms with Gasteiger partial charge in [0, 0.05) is 23.2 Å². The molecule has 2 atom stereocenters. The minimum absolute atomic E-state index is 0.437. The molecule has 0 heterocycles. The normalized spacial score (nSPS) is 14.9. The Balaban J connectivity index is 2.55. The summed E-state index contributed by atoms with van der Waals surface area (Å²) in [5.74, 6) is 0.568. The molecule has 0 fully saturated rings. The summed E-state index contributed by atoms with van der Waals surface area (Å²) in [7, 11) is 0. The van der Waals surface area contributed by atoms with E-state index in [0.29, 0.717) is 23.5 Å². The lowest BCUT2D eigenvalue weighted by atomic mass is 10.0. The van der Waals surface area contributed by atoms with Crippen LogP contribution < -0.4 is 5.32 Å².